The number of H-pyrrole nitrogens is 1. The Morgan fingerprint density at radius 1 is 1.43 bits per heavy atom. The number of anilines is 1. The summed E-state index contributed by atoms with van der Waals surface area (Å²) in [4.78, 5) is 12.1. The van der Waals surface area contributed by atoms with Crippen LogP contribution in [0.1, 0.15) is 16.1 Å². The van der Waals surface area contributed by atoms with Crippen molar-refractivity contribution in [3.05, 3.63) is 47.9 Å². The summed E-state index contributed by atoms with van der Waals surface area (Å²) in [6.45, 7) is 0. The molecule has 3 rings (SSSR count). The molecule has 0 aliphatic rings. The van der Waals surface area contributed by atoms with Crippen LogP contribution in [0.15, 0.2) is 46.1 Å². The number of aromatic amines is 1. The molecular formula is C13H11N5O3. The predicted molar refractivity (Wildman–Crippen MR) is 75.3 cm³/mol. The first-order valence-corrected chi connectivity index (χ1v) is 6.00. The fraction of sp³-hybridized carbons (Fsp3) is 0. The van der Waals surface area contributed by atoms with E-state index in [9.17, 15) is 4.79 Å². The standard InChI is InChI=1S/C13H11N5O3/c14-11(18-20)8-6-15-17-12(8)16-13(19)10-5-7-3-1-2-4-9(7)21-10/h1-6,20H,(H2,14,18)(H2,15,16,17,19). The Hall–Kier alpha value is -3.29. The van der Waals surface area contributed by atoms with Gasteiger partial charge in [-0.15, -0.1) is 0 Å². The molecule has 2 aromatic heterocycles. The molecule has 8 heteroatoms. The number of benzene rings is 1. The minimum absolute atomic E-state index is 0.149. The van der Waals surface area contributed by atoms with Crippen molar-refractivity contribution < 1.29 is 14.4 Å². The molecule has 1 aromatic carbocycles. The highest BCUT2D eigenvalue weighted by molar-refractivity contribution is 6.08. The number of nitrogens with zero attached hydrogens (tertiary/aromatic N) is 2. The summed E-state index contributed by atoms with van der Waals surface area (Å²) in [5, 5.41) is 21.2. The third-order valence-corrected chi connectivity index (χ3v) is 2.91. The van der Waals surface area contributed by atoms with Crippen LogP contribution in [-0.2, 0) is 0 Å². The van der Waals surface area contributed by atoms with Gasteiger partial charge in [-0.2, -0.15) is 5.10 Å². The van der Waals surface area contributed by atoms with Gasteiger partial charge in [0.25, 0.3) is 5.91 Å². The molecule has 21 heavy (non-hydrogen) atoms. The maximum absolute atomic E-state index is 12.1. The number of amides is 1. The van der Waals surface area contributed by atoms with Crippen LogP contribution < -0.4 is 11.1 Å². The Morgan fingerprint density at radius 3 is 3.00 bits per heavy atom. The van der Waals surface area contributed by atoms with Gasteiger partial charge < -0.3 is 20.7 Å². The van der Waals surface area contributed by atoms with Gasteiger partial charge in [0.2, 0.25) is 0 Å². The zero-order valence-electron chi connectivity index (χ0n) is 10.7. The molecule has 0 aliphatic carbocycles. The van der Waals surface area contributed by atoms with Crippen LogP contribution in [0, 0.1) is 0 Å². The number of oxime groups is 1. The molecule has 0 aliphatic heterocycles. The number of nitrogens with one attached hydrogen (secondary N) is 2. The SMILES string of the molecule is NC(=NO)c1cn[nH]c1NC(=O)c1cc2ccccc2o1. The average molecular weight is 285 g/mol. The number of aromatic nitrogens is 2. The van der Waals surface area contributed by atoms with Crippen LogP contribution in [0.3, 0.4) is 0 Å². The number of furan rings is 1. The summed E-state index contributed by atoms with van der Waals surface area (Å²) in [5.74, 6) is -0.266. The lowest BCUT2D eigenvalue weighted by atomic mass is 10.2. The molecule has 0 radical (unpaired) electrons. The summed E-state index contributed by atoms with van der Waals surface area (Å²) >= 11 is 0. The van der Waals surface area contributed by atoms with Crippen molar-refractivity contribution in [1.29, 1.82) is 0 Å². The number of rotatable bonds is 3. The summed E-state index contributed by atoms with van der Waals surface area (Å²) in [6.07, 6.45) is 1.34. The van der Waals surface area contributed by atoms with E-state index in [1.54, 1.807) is 12.1 Å². The lowest BCUT2D eigenvalue weighted by Gasteiger charge is -2.02. The molecular weight excluding hydrogens is 274 g/mol. The Morgan fingerprint density at radius 2 is 2.24 bits per heavy atom. The summed E-state index contributed by atoms with van der Waals surface area (Å²) in [5.41, 5.74) is 6.37. The molecule has 2 heterocycles. The molecule has 3 aromatic rings. The molecule has 1 amide bonds. The van der Waals surface area contributed by atoms with Crippen LogP contribution in [0.4, 0.5) is 5.82 Å². The van der Waals surface area contributed by atoms with Gasteiger partial charge in [-0.1, -0.05) is 23.4 Å². The highest BCUT2D eigenvalue weighted by atomic mass is 16.4. The zero-order valence-corrected chi connectivity index (χ0v) is 10.7. The number of fused-ring (bicyclic) bond motifs is 1. The summed E-state index contributed by atoms with van der Waals surface area (Å²) in [7, 11) is 0. The molecule has 0 fully saturated rings. The number of carbonyl (C=O) groups is 1. The summed E-state index contributed by atoms with van der Waals surface area (Å²) in [6, 6.07) is 8.91. The maximum atomic E-state index is 12.1. The largest absolute Gasteiger partial charge is 0.451 e. The predicted octanol–water partition coefficient (Wildman–Crippen LogP) is 1.50. The van der Waals surface area contributed by atoms with E-state index in [2.05, 4.69) is 20.7 Å². The molecule has 0 saturated heterocycles. The van der Waals surface area contributed by atoms with Crippen LogP contribution in [-0.4, -0.2) is 27.1 Å². The average Bonchev–Trinajstić information content (AvgIpc) is 3.12. The van der Waals surface area contributed by atoms with E-state index in [1.807, 2.05) is 18.2 Å². The topological polar surface area (TPSA) is 130 Å². The van der Waals surface area contributed by atoms with Crippen molar-refractivity contribution in [3.8, 4) is 0 Å². The first-order chi connectivity index (χ1) is 10.2. The normalized spacial score (nSPS) is 11.7. The van der Waals surface area contributed by atoms with Crippen molar-refractivity contribution in [2.24, 2.45) is 10.9 Å². The minimum atomic E-state index is -0.470. The smallest absolute Gasteiger partial charge is 0.292 e. The van der Waals surface area contributed by atoms with E-state index in [1.165, 1.54) is 6.20 Å². The first-order valence-electron chi connectivity index (χ1n) is 6.00. The molecule has 0 atom stereocenters. The number of para-hydroxylation sites is 1. The van der Waals surface area contributed by atoms with Gasteiger partial charge in [-0.05, 0) is 12.1 Å². The van der Waals surface area contributed by atoms with Gasteiger partial charge in [0.1, 0.15) is 11.4 Å². The van der Waals surface area contributed by atoms with E-state index in [4.69, 9.17) is 15.4 Å². The molecule has 0 spiro atoms. The zero-order chi connectivity index (χ0) is 14.8. The Bertz CT molecular complexity index is 800. The minimum Gasteiger partial charge on any atom is -0.451 e. The quantitative estimate of drug-likeness (QED) is 0.251. The second-order valence-corrected chi connectivity index (χ2v) is 4.25. The first kappa shape index (κ1) is 12.7. The van der Waals surface area contributed by atoms with Crippen molar-refractivity contribution in [2.45, 2.75) is 0 Å². The summed E-state index contributed by atoms with van der Waals surface area (Å²) < 4.78 is 5.45. The number of nitrogens with two attached hydrogens (primary N) is 1. The van der Waals surface area contributed by atoms with Crippen LogP contribution in [0.25, 0.3) is 11.0 Å². The van der Waals surface area contributed by atoms with Gasteiger partial charge in [0.15, 0.2) is 11.6 Å². The molecule has 5 N–H and O–H groups in total. The second-order valence-electron chi connectivity index (χ2n) is 4.25. The number of carbonyl (C=O) groups excluding carboxylic acids is 1. The molecule has 0 unspecified atom stereocenters. The third kappa shape index (κ3) is 2.29. The Labute approximate surface area is 118 Å². The maximum Gasteiger partial charge on any atom is 0.292 e. The lowest BCUT2D eigenvalue weighted by molar-refractivity contribution is 0.0998. The van der Waals surface area contributed by atoms with E-state index in [-0.39, 0.29) is 23.0 Å². The monoisotopic (exact) mass is 285 g/mol. The van der Waals surface area contributed by atoms with E-state index < -0.39 is 5.91 Å². The second kappa shape index (κ2) is 5.00. The number of hydrogen-bond donors (Lipinski definition) is 4. The van der Waals surface area contributed by atoms with Gasteiger partial charge in [-0.3, -0.25) is 9.89 Å². The van der Waals surface area contributed by atoms with Crippen molar-refractivity contribution in [3.63, 3.8) is 0 Å². The van der Waals surface area contributed by atoms with E-state index >= 15 is 0 Å². The van der Waals surface area contributed by atoms with Gasteiger partial charge in [-0.25, -0.2) is 0 Å². The van der Waals surface area contributed by atoms with Crippen LogP contribution >= 0.6 is 0 Å². The molecule has 0 saturated carbocycles. The highest BCUT2D eigenvalue weighted by Gasteiger charge is 2.16. The Balaban J connectivity index is 1.88. The van der Waals surface area contributed by atoms with Crippen LogP contribution in [0.5, 0.6) is 0 Å². The van der Waals surface area contributed by atoms with Gasteiger partial charge >= 0.3 is 0 Å². The van der Waals surface area contributed by atoms with Crippen molar-refractivity contribution in [2.75, 3.05) is 5.32 Å². The third-order valence-electron chi connectivity index (χ3n) is 2.91. The van der Waals surface area contributed by atoms with Gasteiger partial charge in [0, 0.05) is 5.39 Å². The fourth-order valence-electron chi connectivity index (χ4n) is 1.90. The number of hydrogen-bond acceptors (Lipinski definition) is 5. The molecule has 8 nitrogen and oxygen atoms in total. The van der Waals surface area contributed by atoms with Crippen molar-refractivity contribution >= 4 is 28.5 Å². The molecule has 106 valence electrons. The van der Waals surface area contributed by atoms with Crippen molar-refractivity contribution in [1.82, 2.24) is 10.2 Å². The van der Waals surface area contributed by atoms with Gasteiger partial charge in [0.05, 0.1) is 11.8 Å². The number of amidine groups is 1. The van der Waals surface area contributed by atoms with E-state index in [0.29, 0.717) is 5.58 Å². The Kier molecular flexibility index (Phi) is 3.03. The fourth-order valence-corrected chi connectivity index (χ4v) is 1.90. The highest BCUT2D eigenvalue weighted by Crippen LogP contribution is 2.20. The van der Waals surface area contributed by atoms with Crippen LogP contribution in [0.2, 0.25) is 0 Å². The lowest BCUT2D eigenvalue weighted by Crippen LogP contribution is -2.18. The molecule has 0 bridgehead atoms. The van der Waals surface area contributed by atoms with E-state index in [0.717, 1.165) is 5.39 Å².